The van der Waals surface area contributed by atoms with Crippen LogP contribution in [0.4, 0.5) is 5.69 Å². The first kappa shape index (κ1) is 16.4. The van der Waals surface area contributed by atoms with Crippen molar-refractivity contribution in [2.45, 2.75) is 19.4 Å². The van der Waals surface area contributed by atoms with Crippen molar-refractivity contribution in [3.8, 4) is 0 Å². The van der Waals surface area contributed by atoms with Crippen LogP contribution < -0.4 is 4.90 Å². The lowest BCUT2D eigenvalue weighted by Crippen LogP contribution is -2.50. The molecule has 7 nitrogen and oxygen atoms in total. The molecule has 0 spiro atoms. The third kappa shape index (κ3) is 3.26. The molecule has 2 fully saturated rings. The van der Waals surface area contributed by atoms with Crippen LogP contribution in [0.1, 0.15) is 12.0 Å². The Kier molecular flexibility index (Phi) is 4.53. The van der Waals surface area contributed by atoms with E-state index in [0.717, 1.165) is 11.3 Å². The highest BCUT2D eigenvalue weighted by Crippen LogP contribution is 2.27. The number of carbonyl (C=O) groups excluding carboxylic acids is 2. The molecule has 1 aromatic rings. The van der Waals surface area contributed by atoms with Crippen LogP contribution in [0, 0.1) is 12.8 Å². The Bertz CT molecular complexity index is 657. The van der Waals surface area contributed by atoms with Crippen LogP contribution in [0.25, 0.3) is 0 Å². The monoisotopic (exact) mass is 332 g/mol. The molecule has 2 amide bonds. The normalized spacial score (nSPS) is 24.3. The molecule has 1 aromatic carbocycles. The number of hydrogen-bond acceptors (Lipinski definition) is 4. The molecule has 24 heavy (non-hydrogen) atoms. The number of amides is 2. The lowest BCUT2D eigenvalue weighted by molar-refractivity contribution is -0.160. The predicted molar refractivity (Wildman–Crippen MR) is 85.6 cm³/mol. The molecule has 0 unspecified atom stereocenters. The summed E-state index contributed by atoms with van der Waals surface area (Å²) in [6.07, 6.45) is -0.838. The number of aliphatic carboxylic acids is 1. The maximum Gasteiger partial charge on any atom is 0.334 e. The van der Waals surface area contributed by atoms with E-state index in [1.165, 1.54) is 4.90 Å². The van der Waals surface area contributed by atoms with Gasteiger partial charge >= 0.3 is 5.97 Å². The topological polar surface area (TPSA) is 87.2 Å². The number of carboxylic acid groups (broad SMARTS) is 1. The van der Waals surface area contributed by atoms with Gasteiger partial charge in [0, 0.05) is 25.2 Å². The van der Waals surface area contributed by atoms with Crippen molar-refractivity contribution < 1.29 is 24.2 Å². The number of aryl methyl sites for hydroxylation is 1. The Morgan fingerprint density at radius 1 is 1.21 bits per heavy atom. The van der Waals surface area contributed by atoms with Gasteiger partial charge in [0.05, 0.1) is 19.1 Å². The van der Waals surface area contributed by atoms with Crippen molar-refractivity contribution in [2.75, 3.05) is 31.1 Å². The molecule has 0 aliphatic carbocycles. The summed E-state index contributed by atoms with van der Waals surface area (Å²) in [4.78, 5) is 39.1. The average molecular weight is 332 g/mol. The predicted octanol–water partition coefficient (Wildman–Crippen LogP) is 0.660. The second kappa shape index (κ2) is 6.60. The highest BCUT2D eigenvalue weighted by molar-refractivity contribution is 6.00. The Morgan fingerprint density at radius 2 is 1.92 bits per heavy atom. The van der Waals surface area contributed by atoms with Gasteiger partial charge in [0.25, 0.3) is 0 Å². The third-order valence-electron chi connectivity index (χ3n) is 4.47. The zero-order valence-electron chi connectivity index (χ0n) is 13.5. The van der Waals surface area contributed by atoms with Crippen LogP contribution in [0.5, 0.6) is 0 Å². The zero-order valence-corrected chi connectivity index (χ0v) is 13.5. The number of morpholine rings is 1. The third-order valence-corrected chi connectivity index (χ3v) is 4.47. The molecule has 2 heterocycles. The van der Waals surface area contributed by atoms with Gasteiger partial charge in [-0.25, -0.2) is 4.79 Å². The summed E-state index contributed by atoms with van der Waals surface area (Å²) in [6, 6.07) is 7.60. The van der Waals surface area contributed by atoms with E-state index in [1.807, 2.05) is 31.2 Å². The summed E-state index contributed by atoms with van der Waals surface area (Å²) in [5.74, 6) is -1.77. The minimum absolute atomic E-state index is 0.0311. The summed E-state index contributed by atoms with van der Waals surface area (Å²) < 4.78 is 5.13. The summed E-state index contributed by atoms with van der Waals surface area (Å²) in [5, 5.41) is 9.03. The molecule has 0 aromatic heterocycles. The first-order valence-corrected chi connectivity index (χ1v) is 7.96. The van der Waals surface area contributed by atoms with E-state index in [9.17, 15) is 14.4 Å². The van der Waals surface area contributed by atoms with Crippen LogP contribution in [-0.4, -0.2) is 60.1 Å². The summed E-state index contributed by atoms with van der Waals surface area (Å²) in [5.41, 5.74) is 1.89. The Morgan fingerprint density at radius 3 is 2.58 bits per heavy atom. The molecule has 2 atom stereocenters. The fourth-order valence-corrected chi connectivity index (χ4v) is 3.10. The quantitative estimate of drug-likeness (QED) is 0.879. The van der Waals surface area contributed by atoms with E-state index in [-0.39, 0.29) is 31.4 Å². The Hall–Kier alpha value is -2.41. The molecule has 0 bridgehead atoms. The van der Waals surface area contributed by atoms with E-state index in [1.54, 1.807) is 4.90 Å². The van der Waals surface area contributed by atoms with E-state index in [2.05, 4.69) is 0 Å². The number of rotatable bonds is 3. The Balaban J connectivity index is 1.67. The van der Waals surface area contributed by atoms with E-state index < -0.39 is 18.0 Å². The van der Waals surface area contributed by atoms with Crippen molar-refractivity contribution in [1.29, 1.82) is 0 Å². The van der Waals surface area contributed by atoms with Crippen molar-refractivity contribution in [2.24, 2.45) is 5.92 Å². The number of hydrogen-bond donors (Lipinski definition) is 1. The maximum atomic E-state index is 12.6. The molecule has 2 aliphatic rings. The van der Waals surface area contributed by atoms with Gasteiger partial charge in [-0.3, -0.25) is 9.59 Å². The van der Waals surface area contributed by atoms with Gasteiger partial charge < -0.3 is 19.6 Å². The van der Waals surface area contributed by atoms with E-state index in [4.69, 9.17) is 9.84 Å². The molecule has 1 N–H and O–H groups in total. The van der Waals surface area contributed by atoms with Gasteiger partial charge in [0.1, 0.15) is 0 Å². The molecular formula is C17H20N2O5. The molecule has 128 valence electrons. The van der Waals surface area contributed by atoms with Gasteiger partial charge in [-0.15, -0.1) is 0 Å². The second-order valence-electron chi connectivity index (χ2n) is 6.22. The van der Waals surface area contributed by atoms with Crippen molar-refractivity contribution >= 4 is 23.5 Å². The number of carboxylic acids is 1. The van der Waals surface area contributed by atoms with E-state index in [0.29, 0.717) is 13.1 Å². The largest absolute Gasteiger partial charge is 0.479 e. The van der Waals surface area contributed by atoms with Crippen molar-refractivity contribution in [3.63, 3.8) is 0 Å². The first-order chi connectivity index (χ1) is 11.5. The Labute approximate surface area is 139 Å². The van der Waals surface area contributed by atoms with Gasteiger partial charge in [-0.1, -0.05) is 17.7 Å². The molecular weight excluding hydrogens is 312 g/mol. The van der Waals surface area contributed by atoms with Crippen LogP contribution in [0.3, 0.4) is 0 Å². The highest BCUT2D eigenvalue weighted by atomic mass is 16.5. The minimum atomic E-state index is -1.07. The fourth-order valence-electron chi connectivity index (χ4n) is 3.10. The lowest BCUT2D eigenvalue weighted by atomic mass is 10.1. The summed E-state index contributed by atoms with van der Waals surface area (Å²) in [7, 11) is 0. The molecule has 0 radical (unpaired) electrons. The maximum absolute atomic E-state index is 12.6. The molecule has 0 saturated carbocycles. The van der Waals surface area contributed by atoms with Gasteiger partial charge in [0.2, 0.25) is 11.8 Å². The van der Waals surface area contributed by atoms with Crippen LogP contribution >= 0.6 is 0 Å². The number of nitrogens with zero attached hydrogens (tertiary/aromatic N) is 2. The second-order valence-corrected chi connectivity index (χ2v) is 6.22. The number of carbonyl (C=O) groups is 3. The summed E-state index contributed by atoms with van der Waals surface area (Å²) in [6.45, 7) is 2.89. The number of anilines is 1. The van der Waals surface area contributed by atoms with Crippen LogP contribution in [-0.2, 0) is 19.1 Å². The molecule has 3 rings (SSSR count). The highest BCUT2D eigenvalue weighted by Gasteiger charge is 2.39. The standard InChI is InChI=1S/C17H20N2O5/c1-11-2-4-13(5-3-11)19-9-12(8-15(19)20)16(21)18-6-7-24-14(10-18)17(22)23/h2-5,12,14H,6-10H2,1H3,(H,22,23)/t12-,14-/m1/s1. The fraction of sp³-hybridized carbons (Fsp3) is 0.471. The van der Waals surface area contributed by atoms with Gasteiger partial charge in [-0.05, 0) is 19.1 Å². The molecule has 7 heteroatoms. The van der Waals surface area contributed by atoms with Crippen LogP contribution in [0.15, 0.2) is 24.3 Å². The van der Waals surface area contributed by atoms with Crippen molar-refractivity contribution in [1.82, 2.24) is 4.90 Å². The zero-order chi connectivity index (χ0) is 17.3. The number of ether oxygens (including phenoxy) is 1. The van der Waals surface area contributed by atoms with Gasteiger partial charge in [0.15, 0.2) is 6.10 Å². The molecule has 2 saturated heterocycles. The minimum Gasteiger partial charge on any atom is -0.479 e. The van der Waals surface area contributed by atoms with E-state index >= 15 is 0 Å². The van der Waals surface area contributed by atoms with Crippen molar-refractivity contribution in [3.05, 3.63) is 29.8 Å². The number of benzene rings is 1. The summed E-state index contributed by atoms with van der Waals surface area (Å²) >= 11 is 0. The first-order valence-electron chi connectivity index (χ1n) is 7.96. The van der Waals surface area contributed by atoms with Gasteiger partial charge in [-0.2, -0.15) is 0 Å². The lowest BCUT2D eigenvalue weighted by Gasteiger charge is -2.32. The van der Waals surface area contributed by atoms with Crippen LogP contribution in [0.2, 0.25) is 0 Å². The molecule has 2 aliphatic heterocycles. The average Bonchev–Trinajstić information content (AvgIpc) is 2.97. The SMILES string of the molecule is Cc1ccc(N2C[C@H](C(=O)N3CCO[C@@H](C(=O)O)C3)CC2=O)cc1. The smallest absolute Gasteiger partial charge is 0.334 e.